The highest BCUT2D eigenvalue weighted by molar-refractivity contribution is 5.74. The Balaban J connectivity index is 1.98. The Morgan fingerprint density at radius 3 is 2.75 bits per heavy atom. The third-order valence-electron chi connectivity index (χ3n) is 2.74. The molecule has 0 aromatic carbocycles. The quantitative estimate of drug-likeness (QED) is 0.648. The van der Waals surface area contributed by atoms with Crippen molar-refractivity contribution < 1.29 is 14.7 Å². The smallest absolute Gasteiger partial charge is 0.317 e. The molecule has 2 N–H and O–H groups in total. The number of carbonyl (C=O) groups excluding carboxylic acids is 1. The monoisotopic (exact) mass is 228 g/mol. The fraction of sp³-hybridized carbons (Fsp3) is 0.818. The maximum absolute atomic E-state index is 11.3. The number of hydrogen-bond acceptors (Lipinski definition) is 2. The normalized spacial score (nSPS) is 16.0. The molecule has 1 saturated heterocycles. The van der Waals surface area contributed by atoms with Crippen LogP contribution in [0.15, 0.2) is 0 Å². The van der Waals surface area contributed by atoms with Crippen molar-refractivity contribution in [2.75, 3.05) is 19.6 Å². The largest absolute Gasteiger partial charge is 0.481 e. The number of carbonyl (C=O) groups is 2. The molecule has 0 unspecified atom stereocenters. The summed E-state index contributed by atoms with van der Waals surface area (Å²) in [6.07, 6.45) is 4.91. The summed E-state index contributed by atoms with van der Waals surface area (Å²) in [5, 5.41) is 11.3. The number of nitrogens with zero attached hydrogens (tertiary/aromatic N) is 1. The predicted octanol–water partition coefficient (Wildman–Crippen LogP) is 1.44. The van der Waals surface area contributed by atoms with E-state index < -0.39 is 5.97 Å². The summed E-state index contributed by atoms with van der Waals surface area (Å²) in [5.41, 5.74) is 0. The second-order valence-electron chi connectivity index (χ2n) is 4.13. The molecule has 0 spiro atoms. The van der Waals surface area contributed by atoms with E-state index in [1.807, 2.05) is 4.90 Å². The number of carboxylic acids is 1. The summed E-state index contributed by atoms with van der Waals surface area (Å²) in [6, 6.07) is 0.0387. The molecular weight excluding hydrogens is 208 g/mol. The lowest BCUT2D eigenvalue weighted by molar-refractivity contribution is -0.137. The summed E-state index contributed by atoms with van der Waals surface area (Å²) in [5.74, 6) is -0.726. The van der Waals surface area contributed by atoms with Crippen molar-refractivity contribution in [3.05, 3.63) is 0 Å². The molecule has 1 heterocycles. The lowest BCUT2D eigenvalue weighted by Gasteiger charge is -2.27. The molecule has 1 rings (SSSR count). The Kier molecular flexibility index (Phi) is 5.67. The van der Waals surface area contributed by atoms with Crippen LogP contribution in [-0.2, 0) is 4.79 Å². The van der Waals surface area contributed by atoms with Crippen LogP contribution in [0.25, 0.3) is 0 Å². The van der Waals surface area contributed by atoms with Crippen molar-refractivity contribution in [3.63, 3.8) is 0 Å². The minimum Gasteiger partial charge on any atom is -0.481 e. The first-order valence-electron chi connectivity index (χ1n) is 5.95. The third-order valence-corrected chi connectivity index (χ3v) is 2.74. The molecule has 0 aliphatic carbocycles. The molecule has 0 aromatic heterocycles. The van der Waals surface area contributed by atoms with E-state index in [2.05, 4.69) is 5.32 Å². The zero-order valence-corrected chi connectivity index (χ0v) is 9.57. The molecule has 1 fully saturated rings. The summed E-state index contributed by atoms with van der Waals surface area (Å²) in [7, 11) is 0. The van der Waals surface area contributed by atoms with Crippen LogP contribution in [0, 0.1) is 0 Å². The average molecular weight is 228 g/mol. The Labute approximate surface area is 95.8 Å². The lowest BCUT2D eigenvalue weighted by atomic mass is 10.1. The van der Waals surface area contributed by atoms with Gasteiger partial charge in [-0.15, -0.1) is 0 Å². The van der Waals surface area contributed by atoms with E-state index in [0.717, 1.165) is 51.7 Å². The van der Waals surface area contributed by atoms with Gasteiger partial charge < -0.3 is 15.3 Å². The van der Waals surface area contributed by atoms with Crippen LogP contribution in [0.2, 0.25) is 0 Å². The predicted molar refractivity (Wildman–Crippen MR) is 60.3 cm³/mol. The summed E-state index contributed by atoms with van der Waals surface area (Å²) in [4.78, 5) is 23.4. The van der Waals surface area contributed by atoms with Gasteiger partial charge in [0, 0.05) is 26.1 Å². The van der Waals surface area contributed by atoms with Gasteiger partial charge in [0.15, 0.2) is 0 Å². The number of aliphatic carboxylic acids is 1. The second kappa shape index (κ2) is 7.09. The van der Waals surface area contributed by atoms with Gasteiger partial charge in [-0.1, -0.05) is 12.8 Å². The van der Waals surface area contributed by atoms with Crippen molar-refractivity contribution >= 4 is 12.0 Å². The Morgan fingerprint density at radius 2 is 2.06 bits per heavy atom. The van der Waals surface area contributed by atoms with Gasteiger partial charge in [0.05, 0.1) is 0 Å². The molecule has 5 nitrogen and oxygen atoms in total. The maximum Gasteiger partial charge on any atom is 0.317 e. The molecule has 0 atom stereocenters. The van der Waals surface area contributed by atoms with Gasteiger partial charge in [0.1, 0.15) is 0 Å². The van der Waals surface area contributed by atoms with Gasteiger partial charge >= 0.3 is 12.0 Å². The molecule has 0 bridgehead atoms. The highest BCUT2D eigenvalue weighted by atomic mass is 16.4. The van der Waals surface area contributed by atoms with Crippen LogP contribution in [0.3, 0.4) is 0 Å². The number of hydrogen-bond donors (Lipinski definition) is 2. The van der Waals surface area contributed by atoms with Gasteiger partial charge in [-0.2, -0.15) is 0 Å². The van der Waals surface area contributed by atoms with Gasteiger partial charge in [-0.05, 0) is 19.3 Å². The van der Waals surface area contributed by atoms with E-state index in [9.17, 15) is 9.59 Å². The van der Waals surface area contributed by atoms with Gasteiger partial charge in [-0.25, -0.2) is 4.79 Å². The van der Waals surface area contributed by atoms with E-state index in [0.29, 0.717) is 0 Å². The summed E-state index contributed by atoms with van der Waals surface area (Å²) in [6.45, 7) is 2.42. The van der Waals surface area contributed by atoms with E-state index >= 15 is 0 Å². The van der Waals surface area contributed by atoms with E-state index in [4.69, 9.17) is 5.11 Å². The fourth-order valence-electron chi connectivity index (χ4n) is 1.82. The Hall–Kier alpha value is -1.26. The number of unbranched alkanes of at least 4 members (excludes halogenated alkanes) is 3. The Morgan fingerprint density at radius 1 is 1.31 bits per heavy atom. The standard InChI is InChI=1S/C11H20N2O3/c14-10(15)6-3-1-2-4-8-13-9-5-7-12-11(13)16/h1-9H2,(H,12,16)(H,14,15). The third kappa shape index (κ3) is 5.00. The fourth-order valence-corrected chi connectivity index (χ4v) is 1.82. The highest BCUT2D eigenvalue weighted by Gasteiger charge is 2.15. The first kappa shape index (κ1) is 12.8. The molecule has 1 aliphatic heterocycles. The van der Waals surface area contributed by atoms with Crippen molar-refractivity contribution in [2.45, 2.75) is 38.5 Å². The molecule has 2 amide bonds. The highest BCUT2D eigenvalue weighted by Crippen LogP contribution is 2.06. The number of amides is 2. The maximum atomic E-state index is 11.3. The SMILES string of the molecule is O=C(O)CCCCCCN1CCCNC1=O. The summed E-state index contributed by atoms with van der Waals surface area (Å²) >= 11 is 0. The second-order valence-corrected chi connectivity index (χ2v) is 4.13. The van der Waals surface area contributed by atoms with Crippen LogP contribution < -0.4 is 5.32 Å². The molecule has 16 heavy (non-hydrogen) atoms. The van der Waals surface area contributed by atoms with Crippen LogP contribution in [-0.4, -0.2) is 41.6 Å². The molecule has 92 valence electrons. The lowest BCUT2D eigenvalue weighted by Crippen LogP contribution is -2.46. The van der Waals surface area contributed by atoms with Crippen LogP contribution >= 0.6 is 0 Å². The van der Waals surface area contributed by atoms with Crippen molar-refractivity contribution in [3.8, 4) is 0 Å². The van der Waals surface area contributed by atoms with Crippen molar-refractivity contribution in [1.82, 2.24) is 10.2 Å². The van der Waals surface area contributed by atoms with Gasteiger partial charge in [0.25, 0.3) is 0 Å². The molecule has 1 aliphatic rings. The number of carboxylic acid groups (broad SMARTS) is 1. The van der Waals surface area contributed by atoms with Crippen LogP contribution in [0.4, 0.5) is 4.79 Å². The van der Waals surface area contributed by atoms with Crippen molar-refractivity contribution in [1.29, 1.82) is 0 Å². The number of rotatable bonds is 7. The molecule has 0 radical (unpaired) electrons. The minimum absolute atomic E-state index is 0.0387. The number of urea groups is 1. The van der Waals surface area contributed by atoms with Crippen molar-refractivity contribution in [2.24, 2.45) is 0 Å². The van der Waals surface area contributed by atoms with Gasteiger partial charge in [-0.3, -0.25) is 4.79 Å². The van der Waals surface area contributed by atoms with E-state index in [1.54, 1.807) is 0 Å². The average Bonchev–Trinajstić information content (AvgIpc) is 2.25. The first-order chi connectivity index (χ1) is 7.70. The van der Waals surface area contributed by atoms with E-state index in [-0.39, 0.29) is 12.5 Å². The van der Waals surface area contributed by atoms with Gasteiger partial charge in [0.2, 0.25) is 0 Å². The topological polar surface area (TPSA) is 69.6 Å². The molecule has 5 heteroatoms. The zero-order chi connectivity index (χ0) is 11.8. The Bertz CT molecular complexity index is 243. The van der Waals surface area contributed by atoms with Crippen LogP contribution in [0.1, 0.15) is 38.5 Å². The molecular formula is C11H20N2O3. The zero-order valence-electron chi connectivity index (χ0n) is 9.57. The molecule has 0 aromatic rings. The molecule has 0 saturated carbocycles. The number of nitrogens with one attached hydrogen (secondary N) is 1. The summed E-state index contributed by atoms with van der Waals surface area (Å²) < 4.78 is 0. The van der Waals surface area contributed by atoms with E-state index in [1.165, 1.54) is 0 Å². The van der Waals surface area contributed by atoms with Crippen LogP contribution in [0.5, 0.6) is 0 Å². The minimum atomic E-state index is -0.726. The first-order valence-corrected chi connectivity index (χ1v) is 5.95.